The number of carbonyl (C=O) groups excluding carboxylic acids is 2. The van der Waals surface area contributed by atoms with Crippen LogP contribution < -0.4 is 4.90 Å². The summed E-state index contributed by atoms with van der Waals surface area (Å²) in [6, 6.07) is 19.2. The molecule has 1 fully saturated rings. The molecule has 2 aromatic rings. The van der Waals surface area contributed by atoms with Crippen LogP contribution in [0.4, 0.5) is 5.69 Å². The van der Waals surface area contributed by atoms with Gasteiger partial charge in [0.2, 0.25) is 0 Å². The van der Waals surface area contributed by atoms with Gasteiger partial charge in [-0.1, -0.05) is 60.7 Å². The Balaban J connectivity index is 1.63. The minimum atomic E-state index is -0.462. The molecule has 0 spiro atoms. The van der Waals surface area contributed by atoms with Crippen LogP contribution in [0.25, 0.3) is 6.08 Å². The molecule has 0 saturated carbocycles. The van der Waals surface area contributed by atoms with Crippen molar-refractivity contribution in [3.63, 3.8) is 0 Å². The van der Waals surface area contributed by atoms with Crippen LogP contribution in [0.1, 0.15) is 5.56 Å². The fraction of sp³-hybridized carbons (Fsp3) is 0.158. The van der Waals surface area contributed by atoms with Gasteiger partial charge in [-0.3, -0.25) is 9.59 Å². The van der Waals surface area contributed by atoms with E-state index >= 15 is 0 Å². The quantitative estimate of drug-likeness (QED) is 0.815. The summed E-state index contributed by atoms with van der Waals surface area (Å²) in [7, 11) is 0. The fourth-order valence-electron chi connectivity index (χ4n) is 2.58. The van der Waals surface area contributed by atoms with Crippen molar-refractivity contribution in [1.82, 2.24) is 4.90 Å². The van der Waals surface area contributed by atoms with Crippen LogP contribution in [-0.4, -0.2) is 36.3 Å². The Hall–Kier alpha value is -2.88. The molecule has 1 heterocycles. The third kappa shape index (κ3) is 3.48. The number of nitrogens with zero attached hydrogens (tertiary/aromatic N) is 2. The van der Waals surface area contributed by atoms with E-state index in [1.807, 2.05) is 72.8 Å². The number of hydrogen-bond acceptors (Lipinski definition) is 2. The second-order valence-electron chi connectivity index (χ2n) is 5.36. The van der Waals surface area contributed by atoms with Gasteiger partial charge in [-0.15, -0.1) is 0 Å². The lowest BCUT2D eigenvalue weighted by Gasteiger charge is -2.33. The SMILES string of the molecule is O=C1C(=O)N(c2ccccc2)CCN1C/C=C/c1ccccc1. The van der Waals surface area contributed by atoms with E-state index < -0.39 is 11.8 Å². The van der Waals surface area contributed by atoms with Gasteiger partial charge in [0.1, 0.15) is 0 Å². The van der Waals surface area contributed by atoms with Crippen LogP contribution in [0.5, 0.6) is 0 Å². The van der Waals surface area contributed by atoms with E-state index in [1.54, 1.807) is 9.80 Å². The lowest BCUT2D eigenvalue weighted by molar-refractivity contribution is -0.145. The summed E-state index contributed by atoms with van der Waals surface area (Å²) in [6.45, 7) is 1.51. The molecule has 23 heavy (non-hydrogen) atoms. The van der Waals surface area contributed by atoms with Gasteiger partial charge in [0.05, 0.1) is 0 Å². The molecule has 0 aliphatic carbocycles. The monoisotopic (exact) mass is 306 g/mol. The van der Waals surface area contributed by atoms with Gasteiger partial charge < -0.3 is 9.80 Å². The molecule has 0 N–H and O–H groups in total. The average Bonchev–Trinajstić information content (AvgIpc) is 2.60. The summed E-state index contributed by atoms with van der Waals surface area (Å²) in [5.41, 5.74) is 1.85. The first-order chi connectivity index (χ1) is 11.3. The number of para-hydroxylation sites is 1. The van der Waals surface area contributed by atoms with Gasteiger partial charge in [0.25, 0.3) is 0 Å². The van der Waals surface area contributed by atoms with E-state index in [1.165, 1.54) is 0 Å². The third-order valence-corrected chi connectivity index (χ3v) is 3.81. The summed E-state index contributed by atoms with van der Waals surface area (Å²) >= 11 is 0. The van der Waals surface area contributed by atoms with E-state index in [0.29, 0.717) is 19.6 Å². The number of hydrogen-bond donors (Lipinski definition) is 0. The predicted molar refractivity (Wildman–Crippen MR) is 90.9 cm³/mol. The van der Waals surface area contributed by atoms with Crippen LogP contribution >= 0.6 is 0 Å². The van der Waals surface area contributed by atoms with Gasteiger partial charge in [0.15, 0.2) is 0 Å². The first kappa shape index (κ1) is 15.0. The highest BCUT2D eigenvalue weighted by Crippen LogP contribution is 2.17. The molecule has 0 atom stereocenters. The number of amides is 2. The van der Waals surface area contributed by atoms with Gasteiger partial charge in [-0.2, -0.15) is 0 Å². The Morgan fingerprint density at radius 2 is 1.48 bits per heavy atom. The number of rotatable bonds is 4. The zero-order chi connectivity index (χ0) is 16.1. The number of carbonyl (C=O) groups is 2. The highest BCUT2D eigenvalue weighted by Gasteiger charge is 2.32. The molecule has 4 heteroatoms. The third-order valence-electron chi connectivity index (χ3n) is 3.81. The molecule has 116 valence electrons. The van der Waals surface area contributed by atoms with Crippen molar-refractivity contribution in [2.75, 3.05) is 24.5 Å². The highest BCUT2D eigenvalue weighted by molar-refractivity contribution is 6.41. The van der Waals surface area contributed by atoms with E-state index in [4.69, 9.17) is 0 Å². The second-order valence-corrected chi connectivity index (χ2v) is 5.36. The van der Waals surface area contributed by atoms with Crippen LogP contribution in [-0.2, 0) is 9.59 Å². The van der Waals surface area contributed by atoms with Crippen LogP contribution in [0.15, 0.2) is 66.7 Å². The molecule has 3 rings (SSSR count). The molecule has 0 radical (unpaired) electrons. The number of anilines is 1. The van der Waals surface area contributed by atoms with Crippen LogP contribution in [0, 0.1) is 0 Å². The predicted octanol–water partition coefficient (Wildman–Crippen LogP) is 2.58. The zero-order valence-corrected chi connectivity index (χ0v) is 12.8. The minimum absolute atomic E-state index is 0.446. The largest absolute Gasteiger partial charge is 0.329 e. The highest BCUT2D eigenvalue weighted by atomic mass is 16.2. The normalized spacial score (nSPS) is 15.5. The maximum absolute atomic E-state index is 12.3. The fourth-order valence-corrected chi connectivity index (χ4v) is 2.58. The van der Waals surface area contributed by atoms with E-state index in [0.717, 1.165) is 11.3 Å². The van der Waals surface area contributed by atoms with E-state index in [2.05, 4.69) is 0 Å². The maximum Gasteiger partial charge on any atom is 0.316 e. The molecule has 0 bridgehead atoms. The van der Waals surface area contributed by atoms with Crippen LogP contribution in [0.3, 0.4) is 0 Å². The first-order valence-corrected chi connectivity index (χ1v) is 7.63. The van der Waals surface area contributed by atoms with Crippen molar-refractivity contribution in [3.05, 3.63) is 72.3 Å². The Bertz CT molecular complexity index is 711. The Kier molecular flexibility index (Phi) is 4.52. The minimum Gasteiger partial charge on any atom is -0.329 e. The lowest BCUT2D eigenvalue weighted by Crippen LogP contribution is -2.54. The second kappa shape index (κ2) is 6.92. The Morgan fingerprint density at radius 1 is 0.826 bits per heavy atom. The molecule has 2 aromatic carbocycles. The molecule has 1 saturated heterocycles. The van der Waals surface area contributed by atoms with Crippen LogP contribution in [0.2, 0.25) is 0 Å². The van der Waals surface area contributed by atoms with E-state index in [9.17, 15) is 9.59 Å². The van der Waals surface area contributed by atoms with Gasteiger partial charge in [-0.25, -0.2) is 0 Å². The summed E-state index contributed by atoms with van der Waals surface area (Å²) in [5.74, 6) is -0.909. The summed E-state index contributed by atoms with van der Waals surface area (Å²) in [6.07, 6.45) is 3.88. The summed E-state index contributed by atoms with van der Waals surface area (Å²) in [5, 5.41) is 0. The molecule has 0 unspecified atom stereocenters. The molecular formula is C19H18N2O2. The van der Waals surface area contributed by atoms with Crippen molar-refractivity contribution in [2.45, 2.75) is 0 Å². The lowest BCUT2D eigenvalue weighted by atomic mass is 10.2. The maximum atomic E-state index is 12.3. The van der Waals surface area contributed by atoms with Crippen molar-refractivity contribution in [1.29, 1.82) is 0 Å². The number of benzene rings is 2. The zero-order valence-electron chi connectivity index (χ0n) is 12.8. The molecule has 2 amide bonds. The molecule has 0 aromatic heterocycles. The topological polar surface area (TPSA) is 40.6 Å². The van der Waals surface area contributed by atoms with Gasteiger partial charge >= 0.3 is 11.8 Å². The Labute approximate surface area is 135 Å². The summed E-state index contributed by atoms with van der Waals surface area (Å²) in [4.78, 5) is 27.7. The molecule has 1 aliphatic rings. The van der Waals surface area contributed by atoms with E-state index in [-0.39, 0.29) is 0 Å². The van der Waals surface area contributed by atoms with Gasteiger partial charge in [0, 0.05) is 25.3 Å². The van der Waals surface area contributed by atoms with Crippen molar-refractivity contribution < 1.29 is 9.59 Å². The smallest absolute Gasteiger partial charge is 0.316 e. The van der Waals surface area contributed by atoms with Crippen molar-refractivity contribution in [3.8, 4) is 0 Å². The summed E-state index contributed by atoms with van der Waals surface area (Å²) < 4.78 is 0. The average molecular weight is 306 g/mol. The molecule has 1 aliphatic heterocycles. The Morgan fingerprint density at radius 3 is 2.17 bits per heavy atom. The standard InChI is InChI=1S/C19H18N2O2/c22-18-19(23)21(17-11-5-2-6-12-17)15-14-20(18)13-7-10-16-8-3-1-4-9-16/h1-12H,13-15H2/b10-7+. The van der Waals surface area contributed by atoms with Crippen molar-refractivity contribution in [2.24, 2.45) is 0 Å². The molecular weight excluding hydrogens is 288 g/mol. The van der Waals surface area contributed by atoms with Crippen molar-refractivity contribution >= 4 is 23.6 Å². The first-order valence-electron chi connectivity index (χ1n) is 7.63. The van der Waals surface area contributed by atoms with Gasteiger partial charge in [-0.05, 0) is 17.7 Å². The number of piperazine rings is 1. The molecule has 4 nitrogen and oxygen atoms in total.